The molecule has 0 saturated heterocycles. The first kappa shape index (κ1) is 15.8. The van der Waals surface area contributed by atoms with Crippen molar-refractivity contribution in [1.29, 1.82) is 0 Å². The largest absolute Gasteiger partial charge is 0.481 e. The van der Waals surface area contributed by atoms with E-state index in [9.17, 15) is 14.7 Å². The average molecular weight is 270 g/mol. The van der Waals surface area contributed by atoms with Crippen LogP contribution in [-0.2, 0) is 4.79 Å². The van der Waals surface area contributed by atoms with Crippen LogP contribution in [0.15, 0.2) is 0 Å². The SMILES string of the molecule is CCN(CC1CC1)C(=O)NC(C)(C)C(C)(C)C(=O)O. The Kier molecular flexibility index (Phi) is 4.48. The summed E-state index contributed by atoms with van der Waals surface area (Å²) < 4.78 is 0. The third-order valence-electron chi connectivity index (χ3n) is 4.36. The van der Waals surface area contributed by atoms with Crippen LogP contribution in [-0.4, -0.2) is 40.6 Å². The molecule has 5 heteroatoms. The quantitative estimate of drug-likeness (QED) is 0.778. The maximum atomic E-state index is 12.2. The molecule has 0 aromatic heterocycles. The number of nitrogens with one attached hydrogen (secondary N) is 1. The zero-order chi connectivity index (χ0) is 14.8. The number of carbonyl (C=O) groups excluding carboxylic acids is 1. The van der Waals surface area contributed by atoms with Crippen LogP contribution in [0.5, 0.6) is 0 Å². The number of aliphatic carboxylic acids is 1. The Morgan fingerprint density at radius 1 is 1.26 bits per heavy atom. The molecule has 5 nitrogen and oxygen atoms in total. The first-order valence-corrected chi connectivity index (χ1v) is 6.92. The second-order valence-corrected chi connectivity index (χ2v) is 6.47. The van der Waals surface area contributed by atoms with E-state index in [1.54, 1.807) is 32.6 Å². The molecule has 0 aromatic carbocycles. The van der Waals surface area contributed by atoms with Gasteiger partial charge in [0.1, 0.15) is 0 Å². The lowest BCUT2D eigenvalue weighted by molar-refractivity contribution is -0.150. The predicted octanol–water partition coefficient (Wildman–Crippen LogP) is 2.32. The van der Waals surface area contributed by atoms with Gasteiger partial charge < -0.3 is 15.3 Å². The smallest absolute Gasteiger partial charge is 0.317 e. The van der Waals surface area contributed by atoms with E-state index in [4.69, 9.17) is 0 Å². The van der Waals surface area contributed by atoms with Crippen molar-refractivity contribution in [3.63, 3.8) is 0 Å². The van der Waals surface area contributed by atoms with Crippen LogP contribution in [0.4, 0.5) is 4.79 Å². The molecule has 0 spiro atoms. The summed E-state index contributed by atoms with van der Waals surface area (Å²) in [7, 11) is 0. The Morgan fingerprint density at radius 3 is 2.16 bits per heavy atom. The van der Waals surface area contributed by atoms with E-state index in [0.29, 0.717) is 12.5 Å². The number of hydrogen-bond acceptors (Lipinski definition) is 2. The second-order valence-electron chi connectivity index (χ2n) is 6.47. The fourth-order valence-electron chi connectivity index (χ4n) is 1.74. The first-order chi connectivity index (χ1) is 8.61. The summed E-state index contributed by atoms with van der Waals surface area (Å²) in [6.07, 6.45) is 2.38. The Bertz CT molecular complexity index is 360. The van der Waals surface area contributed by atoms with Crippen molar-refractivity contribution in [3.05, 3.63) is 0 Å². The molecular weight excluding hydrogens is 244 g/mol. The zero-order valence-electron chi connectivity index (χ0n) is 12.6. The molecule has 1 saturated carbocycles. The number of carboxylic acid groups (broad SMARTS) is 1. The number of hydrogen-bond donors (Lipinski definition) is 2. The van der Waals surface area contributed by atoms with E-state index in [1.807, 2.05) is 6.92 Å². The van der Waals surface area contributed by atoms with Crippen molar-refractivity contribution >= 4 is 12.0 Å². The summed E-state index contributed by atoms with van der Waals surface area (Å²) in [5.74, 6) is -0.288. The van der Waals surface area contributed by atoms with E-state index in [1.165, 1.54) is 12.8 Å². The lowest BCUT2D eigenvalue weighted by atomic mass is 9.74. The summed E-state index contributed by atoms with van der Waals surface area (Å²) in [5.41, 5.74) is -1.84. The van der Waals surface area contributed by atoms with Gasteiger partial charge in [-0.1, -0.05) is 0 Å². The minimum atomic E-state index is -1.03. The van der Waals surface area contributed by atoms with Gasteiger partial charge in [-0.3, -0.25) is 4.79 Å². The zero-order valence-corrected chi connectivity index (χ0v) is 12.6. The summed E-state index contributed by atoms with van der Waals surface area (Å²) in [5, 5.41) is 12.1. The molecule has 2 N–H and O–H groups in total. The summed E-state index contributed by atoms with van der Waals surface area (Å²) in [6.45, 7) is 10.1. The molecule has 110 valence electrons. The summed E-state index contributed by atoms with van der Waals surface area (Å²) in [6, 6.07) is -0.172. The predicted molar refractivity (Wildman–Crippen MR) is 74.0 cm³/mol. The van der Waals surface area contributed by atoms with Crippen molar-refractivity contribution in [2.45, 2.75) is 53.0 Å². The number of amides is 2. The molecule has 0 atom stereocenters. The third kappa shape index (κ3) is 3.61. The minimum absolute atomic E-state index is 0.172. The van der Waals surface area contributed by atoms with Crippen LogP contribution >= 0.6 is 0 Å². The molecule has 0 radical (unpaired) electrons. The molecule has 1 fully saturated rings. The van der Waals surface area contributed by atoms with Crippen LogP contribution < -0.4 is 5.32 Å². The molecule has 1 aliphatic rings. The highest BCUT2D eigenvalue weighted by molar-refractivity contribution is 5.79. The highest BCUT2D eigenvalue weighted by atomic mass is 16.4. The fraction of sp³-hybridized carbons (Fsp3) is 0.857. The normalized spacial score (nSPS) is 16.1. The van der Waals surface area contributed by atoms with Crippen molar-refractivity contribution in [2.75, 3.05) is 13.1 Å². The van der Waals surface area contributed by atoms with Crippen molar-refractivity contribution in [2.24, 2.45) is 11.3 Å². The van der Waals surface area contributed by atoms with Gasteiger partial charge in [0, 0.05) is 13.1 Å². The van der Waals surface area contributed by atoms with Crippen LogP contribution in [0.3, 0.4) is 0 Å². The number of urea groups is 1. The number of nitrogens with zero attached hydrogens (tertiary/aromatic N) is 1. The molecular formula is C14H26N2O3. The van der Waals surface area contributed by atoms with Gasteiger partial charge >= 0.3 is 12.0 Å². The molecule has 0 bridgehead atoms. The molecule has 1 rings (SSSR count). The van der Waals surface area contributed by atoms with Crippen molar-refractivity contribution in [3.8, 4) is 0 Å². The number of carboxylic acids is 1. The van der Waals surface area contributed by atoms with Crippen LogP contribution in [0.1, 0.15) is 47.5 Å². The first-order valence-electron chi connectivity index (χ1n) is 6.92. The molecule has 0 aromatic rings. The maximum Gasteiger partial charge on any atom is 0.317 e. The lowest BCUT2D eigenvalue weighted by Gasteiger charge is -2.40. The number of rotatable bonds is 6. The van der Waals surface area contributed by atoms with E-state index in [0.717, 1.165) is 6.54 Å². The Hall–Kier alpha value is -1.26. The van der Waals surface area contributed by atoms with Gasteiger partial charge in [0.25, 0.3) is 0 Å². The van der Waals surface area contributed by atoms with Gasteiger partial charge in [-0.05, 0) is 53.4 Å². The van der Waals surface area contributed by atoms with Gasteiger partial charge in [0.2, 0.25) is 0 Å². The Labute approximate surface area is 115 Å². The van der Waals surface area contributed by atoms with E-state index < -0.39 is 16.9 Å². The monoisotopic (exact) mass is 270 g/mol. The van der Waals surface area contributed by atoms with Crippen LogP contribution in [0.25, 0.3) is 0 Å². The standard InChI is InChI=1S/C14H26N2O3/c1-6-16(9-10-7-8-10)12(19)15-14(4,5)13(2,3)11(17)18/h10H,6-9H2,1-5H3,(H,15,19)(H,17,18). The molecule has 2 amide bonds. The topological polar surface area (TPSA) is 69.6 Å². The molecule has 0 unspecified atom stereocenters. The molecule has 0 heterocycles. The van der Waals surface area contributed by atoms with Crippen molar-refractivity contribution in [1.82, 2.24) is 10.2 Å². The van der Waals surface area contributed by atoms with E-state index >= 15 is 0 Å². The van der Waals surface area contributed by atoms with Gasteiger partial charge in [0.05, 0.1) is 11.0 Å². The van der Waals surface area contributed by atoms with Gasteiger partial charge in [-0.15, -0.1) is 0 Å². The highest BCUT2D eigenvalue weighted by Crippen LogP contribution is 2.32. The highest BCUT2D eigenvalue weighted by Gasteiger charge is 2.45. The van der Waals surface area contributed by atoms with Gasteiger partial charge in [0.15, 0.2) is 0 Å². The molecule has 1 aliphatic carbocycles. The van der Waals surface area contributed by atoms with Crippen LogP contribution in [0, 0.1) is 11.3 Å². The average Bonchev–Trinajstić information content (AvgIpc) is 3.08. The van der Waals surface area contributed by atoms with Crippen molar-refractivity contribution < 1.29 is 14.7 Å². The second kappa shape index (κ2) is 5.39. The fourth-order valence-corrected chi connectivity index (χ4v) is 1.74. The summed E-state index contributed by atoms with van der Waals surface area (Å²) >= 11 is 0. The Morgan fingerprint density at radius 2 is 1.79 bits per heavy atom. The molecule has 19 heavy (non-hydrogen) atoms. The lowest BCUT2D eigenvalue weighted by Crippen LogP contribution is -2.59. The maximum absolute atomic E-state index is 12.2. The van der Waals surface area contributed by atoms with E-state index in [2.05, 4.69) is 5.32 Å². The minimum Gasteiger partial charge on any atom is -0.481 e. The van der Waals surface area contributed by atoms with E-state index in [-0.39, 0.29) is 6.03 Å². The van der Waals surface area contributed by atoms with Gasteiger partial charge in [-0.25, -0.2) is 4.79 Å². The summed E-state index contributed by atoms with van der Waals surface area (Å²) in [4.78, 5) is 25.3. The van der Waals surface area contributed by atoms with Crippen LogP contribution in [0.2, 0.25) is 0 Å². The van der Waals surface area contributed by atoms with Gasteiger partial charge in [-0.2, -0.15) is 0 Å². The molecule has 0 aliphatic heterocycles. The Balaban J connectivity index is 2.69. The third-order valence-corrected chi connectivity index (χ3v) is 4.36. The number of carbonyl (C=O) groups is 2.